The van der Waals surface area contributed by atoms with Crippen LogP contribution in [0, 0.1) is 0 Å². The molecule has 0 radical (unpaired) electrons. The third kappa shape index (κ3) is 3.28. The van der Waals surface area contributed by atoms with Gasteiger partial charge in [0, 0.05) is 27.2 Å². The minimum atomic E-state index is 0.817. The van der Waals surface area contributed by atoms with Crippen molar-refractivity contribution in [3.05, 3.63) is 36.4 Å². The maximum atomic E-state index is 5.36. The molecule has 3 nitrogen and oxygen atoms in total. The van der Waals surface area contributed by atoms with Gasteiger partial charge in [0.1, 0.15) is 5.75 Å². The van der Waals surface area contributed by atoms with E-state index in [-0.39, 0.29) is 0 Å². The van der Waals surface area contributed by atoms with E-state index in [9.17, 15) is 0 Å². The predicted octanol–water partition coefficient (Wildman–Crippen LogP) is 2.04. The number of anilines is 1. The van der Waals surface area contributed by atoms with Gasteiger partial charge in [0.05, 0.1) is 12.8 Å². The monoisotopic (exact) mass is 220 g/mol. The fraction of sp³-hybridized carbons (Fsp3) is 0.385. The van der Waals surface area contributed by atoms with Crippen molar-refractivity contribution < 1.29 is 4.74 Å². The van der Waals surface area contributed by atoms with Crippen molar-refractivity contribution in [3.63, 3.8) is 0 Å². The molecule has 0 aliphatic heterocycles. The molecule has 1 rings (SSSR count). The van der Waals surface area contributed by atoms with Crippen LogP contribution in [0.15, 0.2) is 30.9 Å². The lowest BCUT2D eigenvalue weighted by molar-refractivity contribution is 0.414. The molecule has 0 saturated heterocycles. The van der Waals surface area contributed by atoms with E-state index in [1.54, 1.807) is 7.11 Å². The molecular formula is C13H20N2O. The molecule has 88 valence electrons. The quantitative estimate of drug-likeness (QED) is 0.586. The lowest BCUT2D eigenvalue weighted by Gasteiger charge is -2.17. The lowest BCUT2D eigenvalue weighted by atomic mass is 10.1. The van der Waals surface area contributed by atoms with Crippen molar-refractivity contribution in [1.82, 2.24) is 5.32 Å². The fourth-order valence-corrected chi connectivity index (χ4v) is 1.52. The molecule has 0 unspecified atom stereocenters. The highest BCUT2D eigenvalue weighted by atomic mass is 16.5. The summed E-state index contributed by atoms with van der Waals surface area (Å²) in [5.41, 5.74) is 2.30. The third-order valence-electron chi connectivity index (χ3n) is 2.34. The number of benzene rings is 1. The highest BCUT2D eigenvalue weighted by Crippen LogP contribution is 2.27. The molecule has 0 spiro atoms. The predicted molar refractivity (Wildman–Crippen MR) is 69.2 cm³/mol. The van der Waals surface area contributed by atoms with Crippen LogP contribution in [0.1, 0.15) is 5.56 Å². The summed E-state index contributed by atoms with van der Waals surface area (Å²) in [6.45, 7) is 5.32. The summed E-state index contributed by atoms with van der Waals surface area (Å²) >= 11 is 0. The van der Waals surface area contributed by atoms with Crippen LogP contribution in [-0.4, -0.2) is 27.7 Å². The zero-order valence-electron chi connectivity index (χ0n) is 10.3. The summed E-state index contributed by atoms with van der Waals surface area (Å²) in [6, 6.07) is 6.24. The molecule has 0 aliphatic carbocycles. The standard InChI is InChI=1S/C13H20N2O/c1-5-8-14-10-11-6-7-12(15(2)3)13(9-11)16-4/h5-7,9,14H,1,8,10H2,2-4H3. The van der Waals surface area contributed by atoms with Crippen molar-refractivity contribution in [2.24, 2.45) is 0 Å². The van der Waals surface area contributed by atoms with Crippen LogP contribution in [-0.2, 0) is 6.54 Å². The first kappa shape index (κ1) is 12.6. The minimum Gasteiger partial charge on any atom is -0.495 e. The molecule has 1 N–H and O–H groups in total. The molecule has 3 heteroatoms. The molecule has 1 aromatic rings. The molecule has 0 bridgehead atoms. The van der Waals surface area contributed by atoms with E-state index < -0.39 is 0 Å². The van der Waals surface area contributed by atoms with Gasteiger partial charge in [-0.05, 0) is 17.7 Å². The van der Waals surface area contributed by atoms with E-state index in [1.165, 1.54) is 5.56 Å². The number of rotatable bonds is 6. The summed E-state index contributed by atoms with van der Waals surface area (Å²) in [4.78, 5) is 2.04. The highest BCUT2D eigenvalue weighted by molar-refractivity contribution is 5.58. The average Bonchev–Trinajstić information content (AvgIpc) is 2.29. The first-order chi connectivity index (χ1) is 7.69. The smallest absolute Gasteiger partial charge is 0.142 e. The molecule has 1 aromatic carbocycles. The Morgan fingerprint density at radius 2 is 2.19 bits per heavy atom. The van der Waals surface area contributed by atoms with Gasteiger partial charge in [-0.15, -0.1) is 6.58 Å². The maximum Gasteiger partial charge on any atom is 0.142 e. The van der Waals surface area contributed by atoms with E-state index in [0.29, 0.717) is 0 Å². The molecule has 0 aromatic heterocycles. The molecule has 0 saturated carbocycles. The van der Waals surface area contributed by atoms with Crippen LogP contribution in [0.3, 0.4) is 0 Å². The van der Waals surface area contributed by atoms with Crippen LogP contribution >= 0.6 is 0 Å². The van der Waals surface area contributed by atoms with Gasteiger partial charge in [0.15, 0.2) is 0 Å². The molecule has 0 heterocycles. The molecule has 16 heavy (non-hydrogen) atoms. The van der Waals surface area contributed by atoms with Gasteiger partial charge in [-0.25, -0.2) is 0 Å². The van der Waals surface area contributed by atoms with E-state index >= 15 is 0 Å². The summed E-state index contributed by atoms with van der Waals surface area (Å²) in [6.07, 6.45) is 1.85. The Hall–Kier alpha value is -1.48. The van der Waals surface area contributed by atoms with E-state index in [0.717, 1.165) is 24.5 Å². The van der Waals surface area contributed by atoms with Crippen LogP contribution in [0.4, 0.5) is 5.69 Å². The second-order valence-electron chi connectivity index (χ2n) is 3.82. The zero-order chi connectivity index (χ0) is 12.0. The topological polar surface area (TPSA) is 24.5 Å². The van der Waals surface area contributed by atoms with Crippen molar-refractivity contribution in [2.75, 3.05) is 32.6 Å². The molecule has 0 amide bonds. The Bertz CT molecular complexity index is 348. The van der Waals surface area contributed by atoms with Crippen molar-refractivity contribution in [1.29, 1.82) is 0 Å². The molecule has 0 fully saturated rings. The average molecular weight is 220 g/mol. The summed E-state index contributed by atoms with van der Waals surface area (Å²) in [5.74, 6) is 0.905. The van der Waals surface area contributed by atoms with Crippen LogP contribution in [0.5, 0.6) is 5.75 Å². The van der Waals surface area contributed by atoms with Gasteiger partial charge in [-0.3, -0.25) is 0 Å². The summed E-state index contributed by atoms with van der Waals surface area (Å²) < 4.78 is 5.36. The summed E-state index contributed by atoms with van der Waals surface area (Å²) in [5, 5.41) is 3.26. The second-order valence-corrected chi connectivity index (χ2v) is 3.82. The maximum absolute atomic E-state index is 5.36. The lowest BCUT2D eigenvalue weighted by Crippen LogP contribution is -2.14. The number of ether oxygens (including phenoxy) is 1. The molecule has 0 aliphatic rings. The van der Waals surface area contributed by atoms with Crippen LogP contribution in [0.25, 0.3) is 0 Å². The first-order valence-electron chi connectivity index (χ1n) is 5.35. The summed E-state index contributed by atoms with van der Waals surface area (Å²) in [7, 11) is 5.71. The van der Waals surface area contributed by atoms with Crippen molar-refractivity contribution >= 4 is 5.69 Å². The Morgan fingerprint density at radius 1 is 1.44 bits per heavy atom. The number of nitrogens with one attached hydrogen (secondary N) is 1. The Balaban J connectivity index is 2.78. The van der Waals surface area contributed by atoms with Gasteiger partial charge in [0.25, 0.3) is 0 Å². The fourth-order valence-electron chi connectivity index (χ4n) is 1.52. The molecule has 0 atom stereocenters. The van der Waals surface area contributed by atoms with Gasteiger partial charge >= 0.3 is 0 Å². The zero-order valence-corrected chi connectivity index (χ0v) is 10.3. The Morgan fingerprint density at radius 3 is 2.75 bits per heavy atom. The number of hydrogen-bond donors (Lipinski definition) is 1. The van der Waals surface area contributed by atoms with Gasteiger partial charge < -0.3 is 15.0 Å². The highest BCUT2D eigenvalue weighted by Gasteiger charge is 2.05. The minimum absolute atomic E-state index is 0.817. The van der Waals surface area contributed by atoms with E-state index in [4.69, 9.17) is 4.74 Å². The second kappa shape index (κ2) is 6.18. The SMILES string of the molecule is C=CCNCc1ccc(N(C)C)c(OC)c1. The van der Waals surface area contributed by atoms with E-state index in [2.05, 4.69) is 30.1 Å². The number of hydrogen-bond acceptors (Lipinski definition) is 3. The first-order valence-corrected chi connectivity index (χ1v) is 5.35. The van der Waals surface area contributed by atoms with Crippen LogP contribution < -0.4 is 15.0 Å². The number of methoxy groups -OCH3 is 1. The van der Waals surface area contributed by atoms with Crippen LogP contribution in [0.2, 0.25) is 0 Å². The van der Waals surface area contributed by atoms with Gasteiger partial charge in [0.2, 0.25) is 0 Å². The molecular weight excluding hydrogens is 200 g/mol. The van der Waals surface area contributed by atoms with Crippen molar-refractivity contribution in [3.8, 4) is 5.75 Å². The largest absolute Gasteiger partial charge is 0.495 e. The van der Waals surface area contributed by atoms with Gasteiger partial charge in [-0.2, -0.15) is 0 Å². The van der Waals surface area contributed by atoms with Crippen molar-refractivity contribution in [2.45, 2.75) is 6.54 Å². The van der Waals surface area contributed by atoms with E-state index in [1.807, 2.05) is 25.1 Å². The number of nitrogens with zero attached hydrogens (tertiary/aromatic N) is 1. The Kier molecular flexibility index (Phi) is 4.86. The Labute approximate surface area is 97.7 Å². The third-order valence-corrected chi connectivity index (χ3v) is 2.34. The van der Waals surface area contributed by atoms with Gasteiger partial charge in [-0.1, -0.05) is 12.1 Å². The normalized spacial score (nSPS) is 9.94.